The van der Waals surface area contributed by atoms with Crippen LogP contribution in [0.5, 0.6) is 0 Å². The van der Waals surface area contributed by atoms with Gasteiger partial charge in [-0.3, -0.25) is 5.41 Å². The van der Waals surface area contributed by atoms with Gasteiger partial charge in [0.05, 0.1) is 11.5 Å². The van der Waals surface area contributed by atoms with Crippen molar-refractivity contribution in [3.63, 3.8) is 0 Å². The molecule has 1 aromatic heterocycles. The molecular formula is C10H16N4. The van der Waals surface area contributed by atoms with E-state index in [1.54, 1.807) is 0 Å². The Kier molecular flexibility index (Phi) is 3.56. The molecule has 0 fully saturated rings. The minimum Gasteiger partial charge on any atom is -0.387 e. The third kappa shape index (κ3) is 3.51. The minimum atomic E-state index is 0.138. The number of hydrogen-bond acceptors (Lipinski definition) is 3. The number of amidine groups is 1. The van der Waals surface area contributed by atoms with Crippen LogP contribution in [0.15, 0.2) is 12.4 Å². The number of hydrogen-bond donors (Lipinski definition) is 2. The maximum atomic E-state index is 7.16. The molecule has 1 rings (SSSR count). The summed E-state index contributed by atoms with van der Waals surface area (Å²) in [7, 11) is 0. The van der Waals surface area contributed by atoms with Crippen LogP contribution in [-0.2, 0) is 12.8 Å². The highest BCUT2D eigenvalue weighted by molar-refractivity contribution is 5.78. The maximum absolute atomic E-state index is 7.16. The average Bonchev–Trinajstić information content (AvgIpc) is 2.01. The van der Waals surface area contributed by atoms with Gasteiger partial charge >= 0.3 is 0 Å². The first-order valence-electron chi connectivity index (χ1n) is 4.70. The fraction of sp³-hybridized carbons (Fsp3) is 0.500. The van der Waals surface area contributed by atoms with E-state index < -0.39 is 0 Å². The molecule has 0 saturated heterocycles. The number of rotatable bonds is 4. The average molecular weight is 192 g/mol. The molecular weight excluding hydrogens is 176 g/mol. The summed E-state index contributed by atoms with van der Waals surface area (Å²) in [5.41, 5.74) is 7.14. The van der Waals surface area contributed by atoms with E-state index in [9.17, 15) is 0 Å². The highest BCUT2D eigenvalue weighted by Gasteiger charge is 2.02. The molecule has 0 unspecified atom stereocenters. The summed E-state index contributed by atoms with van der Waals surface area (Å²) in [6, 6.07) is 1.92. The van der Waals surface area contributed by atoms with Crippen molar-refractivity contribution in [1.29, 1.82) is 5.41 Å². The third-order valence-electron chi connectivity index (χ3n) is 1.77. The van der Waals surface area contributed by atoms with E-state index in [4.69, 9.17) is 11.1 Å². The lowest BCUT2D eigenvalue weighted by Gasteiger charge is -2.05. The van der Waals surface area contributed by atoms with E-state index in [-0.39, 0.29) is 5.84 Å². The molecule has 4 nitrogen and oxygen atoms in total. The van der Waals surface area contributed by atoms with Crippen LogP contribution in [0.4, 0.5) is 0 Å². The summed E-state index contributed by atoms with van der Waals surface area (Å²) in [4.78, 5) is 8.22. The van der Waals surface area contributed by atoms with Crippen LogP contribution in [0.2, 0.25) is 0 Å². The van der Waals surface area contributed by atoms with Crippen LogP contribution in [0.25, 0.3) is 0 Å². The van der Waals surface area contributed by atoms with Crippen molar-refractivity contribution in [2.24, 2.45) is 11.7 Å². The minimum absolute atomic E-state index is 0.138. The monoisotopic (exact) mass is 192 g/mol. The van der Waals surface area contributed by atoms with E-state index in [0.29, 0.717) is 12.3 Å². The van der Waals surface area contributed by atoms with Crippen LogP contribution in [-0.4, -0.2) is 15.8 Å². The van der Waals surface area contributed by atoms with Crippen LogP contribution >= 0.6 is 0 Å². The molecule has 0 atom stereocenters. The lowest BCUT2D eigenvalue weighted by molar-refractivity contribution is 0.633. The summed E-state index contributed by atoms with van der Waals surface area (Å²) in [6.07, 6.45) is 2.89. The van der Waals surface area contributed by atoms with E-state index in [1.807, 2.05) is 6.07 Å². The zero-order chi connectivity index (χ0) is 10.6. The van der Waals surface area contributed by atoms with Crippen LogP contribution in [0, 0.1) is 11.3 Å². The van der Waals surface area contributed by atoms with Crippen molar-refractivity contribution in [3.05, 3.63) is 23.8 Å². The van der Waals surface area contributed by atoms with Crippen molar-refractivity contribution in [3.8, 4) is 0 Å². The first-order chi connectivity index (χ1) is 6.58. The van der Waals surface area contributed by atoms with Gasteiger partial charge in [0.15, 0.2) is 0 Å². The van der Waals surface area contributed by atoms with Gasteiger partial charge in [-0.05, 0) is 18.4 Å². The second-order valence-electron chi connectivity index (χ2n) is 3.80. The number of aromatic nitrogens is 2. The Morgan fingerprint density at radius 1 is 1.43 bits per heavy atom. The number of nitrogens with two attached hydrogens (primary N) is 1. The molecule has 0 aliphatic heterocycles. The van der Waals surface area contributed by atoms with Crippen molar-refractivity contribution in [2.45, 2.75) is 26.7 Å². The first-order valence-corrected chi connectivity index (χ1v) is 4.70. The molecule has 0 aliphatic carbocycles. The highest BCUT2D eigenvalue weighted by atomic mass is 14.8. The fourth-order valence-corrected chi connectivity index (χ4v) is 1.27. The Bertz CT molecular complexity index is 320. The zero-order valence-corrected chi connectivity index (χ0v) is 8.62. The molecule has 4 heteroatoms. The van der Waals surface area contributed by atoms with Crippen molar-refractivity contribution in [2.75, 3.05) is 0 Å². The maximum Gasteiger partial charge on any atom is 0.115 e. The van der Waals surface area contributed by atoms with Crippen molar-refractivity contribution in [1.82, 2.24) is 9.97 Å². The Morgan fingerprint density at radius 2 is 2.07 bits per heavy atom. The Labute approximate surface area is 84.1 Å². The Hall–Kier alpha value is -1.45. The number of nitrogens with one attached hydrogen (secondary N) is 1. The topological polar surface area (TPSA) is 75.7 Å². The van der Waals surface area contributed by atoms with Gasteiger partial charge in [0.1, 0.15) is 6.33 Å². The summed E-state index contributed by atoms with van der Waals surface area (Å²) < 4.78 is 0. The van der Waals surface area contributed by atoms with Gasteiger partial charge in [-0.15, -0.1) is 0 Å². The van der Waals surface area contributed by atoms with Gasteiger partial charge in [-0.2, -0.15) is 0 Å². The molecule has 1 aromatic rings. The molecule has 0 aromatic carbocycles. The molecule has 0 saturated carbocycles. The second kappa shape index (κ2) is 4.69. The van der Waals surface area contributed by atoms with Gasteiger partial charge < -0.3 is 5.73 Å². The van der Waals surface area contributed by atoms with E-state index in [2.05, 4.69) is 23.8 Å². The van der Waals surface area contributed by atoms with Gasteiger partial charge in [0.25, 0.3) is 0 Å². The Morgan fingerprint density at radius 3 is 2.64 bits per heavy atom. The lowest BCUT2D eigenvalue weighted by Crippen LogP contribution is -2.14. The van der Waals surface area contributed by atoms with Crippen molar-refractivity contribution >= 4 is 5.84 Å². The smallest absolute Gasteiger partial charge is 0.115 e. The van der Waals surface area contributed by atoms with Crippen molar-refractivity contribution < 1.29 is 0 Å². The molecule has 76 valence electrons. The first kappa shape index (κ1) is 10.6. The molecule has 0 bridgehead atoms. The fourth-order valence-electron chi connectivity index (χ4n) is 1.27. The molecule has 3 N–H and O–H groups in total. The highest BCUT2D eigenvalue weighted by Crippen LogP contribution is 2.05. The van der Waals surface area contributed by atoms with Gasteiger partial charge in [-0.1, -0.05) is 13.8 Å². The van der Waals surface area contributed by atoms with Gasteiger partial charge in [-0.25, -0.2) is 9.97 Å². The van der Waals surface area contributed by atoms with Crippen LogP contribution in [0.1, 0.15) is 25.2 Å². The summed E-state index contributed by atoms with van der Waals surface area (Å²) >= 11 is 0. The quantitative estimate of drug-likeness (QED) is 0.555. The van der Waals surface area contributed by atoms with Gasteiger partial charge in [0.2, 0.25) is 0 Å². The normalized spacial score (nSPS) is 10.5. The molecule has 0 radical (unpaired) electrons. The second-order valence-corrected chi connectivity index (χ2v) is 3.80. The largest absolute Gasteiger partial charge is 0.387 e. The SMILES string of the molecule is CC(C)Cc1cc(CC(=N)N)ncn1. The molecule has 0 spiro atoms. The standard InChI is InChI=1S/C10H16N4/c1-7(2)3-8-4-9(5-10(11)12)14-6-13-8/h4,6-7H,3,5H2,1-2H3,(H3,11,12). The predicted molar refractivity (Wildman–Crippen MR) is 56.2 cm³/mol. The molecule has 14 heavy (non-hydrogen) atoms. The van der Waals surface area contributed by atoms with Crippen LogP contribution in [0.3, 0.4) is 0 Å². The summed E-state index contributed by atoms with van der Waals surface area (Å²) in [6.45, 7) is 4.29. The number of nitrogens with zero attached hydrogens (tertiary/aromatic N) is 2. The van der Waals surface area contributed by atoms with E-state index in [0.717, 1.165) is 17.8 Å². The van der Waals surface area contributed by atoms with E-state index >= 15 is 0 Å². The van der Waals surface area contributed by atoms with Crippen LogP contribution < -0.4 is 5.73 Å². The predicted octanol–water partition coefficient (Wildman–Crippen LogP) is 1.15. The summed E-state index contributed by atoms with van der Waals surface area (Å²) in [5.74, 6) is 0.717. The molecule has 1 heterocycles. The third-order valence-corrected chi connectivity index (χ3v) is 1.77. The molecule has 0 amide bonds. The van der Waals surface area contributed by atoms with Gasteiger partial charge in [0, 0.05) is 12.1 Å². The lowest BCUT2D eigenvalue weighted by atomic mass is 10.1. The zero-order valence-electron chi connectivity index (χ0n) is 8.62. The molecule has 0 aliphatic rings. The summed E-state index contributed by atoms with van der Waals surface area (Å²) in [5, 5.41) is 7.16. The Balaban J connectivity index is 2.73. The van der Waals surface area contributed by atoms with E-state index in [1.165, 1.54) is 6.33 Å².